The molecule has 0 saturated carbocycles. The number of imidazole rings is 1. The van der Waals surface area contributed by atoms with Gasteiger partial charge in [-0.15, -0.1) is 11.3 Å². The van der Waals surface area contributed by atoms with Gasteiger partial charge < -0.3 is 5.32 Å². The summed E-state index contributed by atoms with van der Waals surface area (Å²) in [6.07, 6.45) is 8.56. The van der Waals surface area contributed by atoms with Gasteiger partial charge in [0.25, 0.3) is 0 Å². The van der Waals surface area contributed by atoms with Crippen LogP contribution in [0.5, 0.6) is 0 Å². The van der Waals surface area contributed by atoms with Crippen molar-refractivity contribution in [3.05, 3.63) is 53.7 Å². The third kappa shape index (κ3) is 4.03. The van der Waals surface area contributed by atoms with Crippen LogP contribution in [0.2, 0.25) is 0 Å². The van der Waals surface area contributed by atoms with Crippen molar-refractivity contribution >= 4 is 28.3 Å². The molecule has 0 radical (unpaired) electrons. The van der Waals surface area contributed by atoms with Gasteiger partial charge in [-0.05, 0) is 18.1 Å². The first kappa shape index (κ1) is 17.3. The summed E-state index contributed by atoms with van der Waals surface area (Å²) < 4.78 is 1.81. The quantitative estimate of drug-likeness (QED) is 0.701. The van der Waals surface area contributed by atoms with E-state index >= 15 is 0 Å². The summed E-state index contributed by atoms with van der Waals surface area (Å²) in [6.45, 7) is 1.11. The maximum atomic E-state index is 12.2. The number of carbonyl (C=O) groups is 2. The molecular weight excluding hydrogens is 364 g/mol. The molecule has 9 heteroatoms. The van der Waals surface area contributed by atoms with Crippen molar-refractivity contribution in [3.8, 4) is 5.82 Å². The van der Waals surface area contributed by atoms with Gasteiger partial charge in [-0.2, -0.15) is 0 Å². The molecule has 1 saturated heterocycles. The van der Waals surface area contributed by atoms with Crippen molar-refractivity contribution in [1.29, 1.82) is 0 Å². The van der Waals surface area contributed by atoms with Gasteiger partial charge in [-0.1, -0.05) is 6.07 Å². The van der Waals surface area contributed by atoms with E-state index in [0.29, 0.717) is 30.3 Å². The number of pyridine rings is 1. The van der Waals surface area contributed by atoms with Crippen LogP contribution in [-0.4, -0.2) is 37.9 Å². The number of amides is 2. The fraction of sp³-hybridized carbons (Fsp3) is 0.278. The first-order chi connectivity index (χ1) is 13.2. The monoisotopic (exact) mass is 382 g/mol. The van der Waals surface area contributed by atoms with Crippen molar-refractivity contribution in [3.63, 3.8) is 0 Å². The van der Waals surface area contributed by atoms with Crippen LogP contribution in [0.15, 0.2) is 42.4 Å². The SMILES string of the molecule is O=C(Cc1csc(N2CCCC2=O)n1)NCc1ccc(-n2ccnc2)nc1. The summed E-state index contributed by atoms with van der Waals surface area (Å²) in [5.74, 6) is 0.763. The average molecular weight is 382 g/mol. The van der Waals surface area contributed by atoms with Crippen LogP contribution in [0.4, 0.5) is 5.13 Å². The summed E-state index contributed by atoms with van der Waals surface area (Å²) in [7, 11) is 0. The predicted octanol–water partition coefficient (Wildman–Crippen LogP) is 1.71. The number of nitrogens with zero attached hydrogens (tertiary/aromatic N) is 5. The smallest absolute Gasteiger partial charge is 0.228 e. The highest BCUT2D eigenvalue weighted by Gasteiger charge is 2.24. The van der Waals surface area contributed by atoms with Crippen LogP contribution >= 0.6 is 11.3 Å². The molecule has 3 aromatic rings. The molecule has 3 aromatic heterocycles. The van der Waals surface area contributed by atoms with Crippen LogP contribution in [-0.2, 0) is 22.6 Å². The molecule has 8 nitrogen and oxygen atoms in total. The maximum Gasteiger partial charge on any atom is 0.228 e. The molecule has 1 aliphatic rings. The molecule has 2 amide bonds. The predicted molar refractivity (Wildman–Crippen MR) is 101 cm³/mol. The summed E-state index contributed by atoms with van der Waals surface area (Å²) in [5, 5.41) is 5.39. The van der Waals surface area contributed by atoms with E-state index in [1.807, 2.05) is 28.3 Å². The van der Waals surface area contributed by atoms with Crippen LogP contribution in [0.3, 0.4) is 0 Å². The lowest BCUT2D eigenvalue weighted by atomic mass is 10.2. The third-order valence-corrected chi connectivity index (χ3v) is 5.17. The van der Waals surface area contributed by atoms with Gasteiger partial charge in [0.2, 0.25) is 11.8 Å². The van der Waals surface area contributed by atoms with Gasteiger partial charge >= 0.3 is 0 Å². The summed E-state index contributed by atoms with van der Waals surface area (Å²) >= 11 is 1.40. The van der Waals surface area contributed by atoms with E-state index in [-0.39, 0.29) is 18.2 Å². The van der Waals surface area contributed by atoms with Crippen molar-refractivity contribution in [2.24, 2.45) is 0 Å². The Labute approximate surface area is 159 Å². The van der Waals surface area contributed by atoms with E-state index < -0.39 is 0 Å². The van der Waals surface area contributed by atoms with Crippen LogP contribution in [0, 0.1) is 0 Å². The molecule has 0 aromatic carbocycles. The number of anilines is 1. The number of nitrogens with one attached hydrogen (secondary N) is 1. The lowest BCUT2D eigenvalue weighted by Gasteiger charge is -2.10. The molecule has 4 rings (SSSR count). The highest BCUT2D eigenvalue weighted by molar-refractivity contribution is 7.14. The molecule has 0 aliphatic carbocycles. The lowest BCUT2D eigenvalue weighted by molar-refractivity contribution is -0.120. The minimum absolute atomic E-state index is 0.104. The Balaban J connectivity index is 1.30. The highest BCUT2D eigenvalue weighted by Crippen LogP contribution is 2.25. The molecule has 0 unspecified atom stereocenters. The second-order valence-electron chi connectivity index (χ2n) is 6.22. The standard InChI is InChI=1S/C18H18N6O2S/c25-16(8-14-11-27-18(22-14)24-6-1-2-17(24)26)21-10-13-3-4-15(20-9-13)23-7-5-19-12-23/h3-5,7,9,11-12H,1-2,6,8,10H2,(H,21,25). The van der Waals surface area contributed by atoms with E-state index in [9.17, 15) is 9.59 Å². The average Bonchev–Trinajstić information content (AvgIpc) is 3.42. The van der Waals surface area contributed by atoms with Crippen molar-refractivity contribution in [2.45, 2.75) is 25.8 Å². The topological polar surface area (TPSA) is 93.0 Å². The number of aromatic nitrogens is 4. The van der Waals surface area contributed by atoms with Crippen LogP contribution in [0.25, 0.3) is 5.82 Å². The number of hydrogen-bond acceptors (Lipinski definition) is 6. The first-order valence-electron chi connectivity index (χ1n) is 8.64. The summed E-state index contributed by atoms with van der Waals surface area (Å²) in [6, 6.07) is 3.80. The molecule has 0 spiro atoms. The number of carbonyl (C=O) groups excluding carboxylic acids is 2. The molecule has 4 heterocycles. The Morgan fingerprint density at radius 2 is 2.26 bits per heavy atom. The number of thiazole rings is 1. The van der Waals surface area contributed by atoms with Gasteiger partial charge in [0, 0.05) is 43.5 Å². The molecular formula is C18H18N6O2S. The summed E-state index contributed by atoms with van der Waals surface area (Å²) in [5.41, 5.74) is 1.59. The molecule has 27 heavy (non-hydrogen) atoms. The molecule has 0 atom stereocenters. The molecule has 1 aliphatic heterocycles. The normalized spacial score (nSPS) is 13.9. The Bertz CT molecular complexity index is 935. The molecule has 138 valence electrons. The fourth-order valence-corrected chi connectivity index (χ4v) is 3.72. The minimum Gasteiger partial charge on any atom is -0.352 e. The Morgan fingerprint density at radius 1 is 1.33 bits per heavy atom. The zero-order valence-corrected chi connectivity index (χ0v) is 15.4. The number of hydrogen-bond donors (Lipinski definition) is 1. The molecule has 0 bridgehead atoms. The lowest BCUT2D eigenvalue weighted by Crippen LogP contribution is -2.25. The first-order valence-corrected chi connectivity index (χ1v) is 9.52. The van der Waals surface area contributed by atoms with E-state index in [4.69, 9.17) is 0 Å². The summed E-state index contributed by atoms with van der Waals surface area (Å²) in [4.78, 5) is 38.4. The fourth-order valence-electron chi connectivity index (χ4n) is 2.85. The van der Waals surface area contributed by atoms with Crippen LogP contribution < -0.4 is 10.2 Å². The third-order valence-electron chi connectivity index (χ3n) is 4.25. The van der Waals surface area contributed by atoms with Crippen molar-refractivity contribution < 1.29 is 9.59 Å². The molecule has 1 N–H and O–H groups in total. The second-order valence-corrected chi connectivity index (χ2v) is 7.06. The Morgan fingerprint density at radius 3 is 2.96 bits per heavy atom. The van der Waals surface area contributed by atoms with Gasteiger partial charge in [0.05, 0.1) is 12.1 Å². The van der Waals surface area contributed by atoms with Gasteiger partial charge in [0.1, 0.15) is 12.1 Å². The molecule has 1 fully saturated rings. The van der Waals surface area contributed by atoms with E-state index in [1.165, 1.54) is 11.3 Å². The Kier molecular flexibility index (Phi) is 4.93. The van der Waals surface area contributed by atoms with E-state index in [1.54, 1.807) is 23.6 Å². The van der Waals surface area contributed by atoms with Gasteiger partial charge in [-0.3, -0.25) is 19.1 Å². The van der Waals surface area contributed by atoms with E-state index in [2.05, 4.69) is 20.3 Å². The zero-order valence-electron chi connectivity index (χ0n) is 14.5. The second kappa shape index (κ2) is 7.67. The van der Waals surface area contributed by atoms with Crippen molar-refractivity contribution in [2.75, 3.05) is 11.4 Å². The van der Waals surface area contributed by atoms with E-state index in [0.717, 1.165) is 17.8 Å². The number of rotatable bonds is 6. The van der Waals surface area contributed by atoms with Gasteiger partial charge in [-0.25, -0.2) is 15.0 Å². The zero-order chi connectivity index (χ0) is 18.6. The Hall–Kier alpha value is -3.07. The van der Waals surface area contributed by atoms with Crippen molar-refractivity contribution in [1.82, 2.24) is 24.8 Å². The maximum absolute atomic E-state index is 12.2. The van der Waals surface area contributed by atoms with Gasteiger partial charge in [0.15, 0.2) is 5.13 Å². The highest BCUT2D eigenvalue weighted by atomic mass is 32.1. The largest absolute Gasteiger partial charge is 0.352 e. The minimum atomic E-state index is -0.113. The van der Waals surface area contributed by atoms with Crippen LogP contribution in [0.1, 0.15) is 24.1 Å².